The monoisotopic (exact) mass is 687 g/mol. The van der Waals surface area contributed by atoms with E-state index in [0.717, 1.165) is 0 Å². The quantitative estimate of drug-likeness (QED) is 0.248. The molecule has 0 radical (unpaired) electrons. The first-order valence-corrected chi connectivity index (χ1v) is 14.8. The summed E-state index contributed by atoms with van der Waals surface area (Å²) in [6.07, 6.45) is -6.96. The molecule has 4 atom stereocenters. The van der Waals surface area contributed by atoms with E-state index in [1.807, 2.05) is 0 Å². The Morgan fingerprint density at radius 2 is 1.94 bits per heavy atom. The molecule has 0 bridgehead atoms. The van der Waals surface area contributed by atoms with Crippen LogP contribution in [0.3, 0.4) is 0 Å². The van der Waals surface area contributed by atoms with Gasteiger partial charge in [-0.15, -0.1) is 5.10 Å². The first-order chi connectivity index (χ1) is 22.6. The molecule has 1 aliphatic heterocycles. The highest BCUT2D eigenvalue weighted by atomic mass is 19.4. The molecule has 0 unspecified atom stereocenters. The van der Waals surface area contributed by atoms with Gasteiger partial charge in [-0.2, -0.15) is 18.3 Å². The van der Waals surface area contributed by atoms with E-state index in [-0.39, 0.29) is 36.4 Å². The van der Waals surface area contributed by atoms with Crippen LogP contribution in [0.5, 0.6) is 0 Å². The third-order valence-corrected chi connectivity index (χ3v) is 9.28. The molecule has 5 heterocycles. The summed E-state index contributed by atoms with van der Waals surface area (Å²) in [5, 5.41) is 26.5. The van der Waals surface area contributed by atoms with E-state index in [1.54, 1.807) is 6.92 Å². The van der Waals surface area contributed by atoms with E-state index < -0.39 is 90.3 Å². The third kappa shape index (κ3) is 6.16. The summed E-state index contributed by atoms with van der Waals surface area (Å²) in [4.78, 5) is 30.9. The Morgan fingerprint density at radius 3 is 2.56 bits per heavy atom. The van der Waals surface area contributed by atoms with Gasteiger partial charge in [0.1, 0.15) is 6.04 Å². The molecule has 14 nitrogen and oxygen atoms in total. The van der Waals surface area contributed by atoms with Crippen molar-refractivity contribution in [2.24, 2.45) is 18.4 Å². The predicted molar refractivity (Wildman–Crippen MR) is 145 cm³/mol. The van der Waals surface area contributed by atoms with Gasteiger partial charge in [0.05, 0.1) is 29.5 Å². The smallest absolute Gasteiger partial charge is 0.344 e. The first kappa shape index (κ1) is 33.2. The van der Waals surface area contributed by atoms with Gasteiger partial charge in [0, 0.05) is 25.8 Å². The minimum Gasteiger partial charge on any atom is -0.344 e. The maximum absolute atomic E-state index is 14.0. The van der Waals surface area contributed by atoms with E-state index >= 15 is 0 Å². The molecule has 48 heavy (non-hydrogen) atoms. The fourth-order valence-corrected chi connectivity index (χ4v) is 6.62. The second-order valence-electron chi connectivity index (χ2n) is 12.3. The van der Waals surface area contributed by atoms with Crippen molar-refractivity contribution in [3.8, 4) is 0 Å². The minimum absolute atomic E-state index is 0.0317. The van der Waals surface area contributed by atoms with Gasteiger partial charge in [-0.3, -0.25) is 9.59 Å². The Hall–Kier alpha value is -4.72. The highest BCUT2D eigenvalue weighted by Gasteiger charge is 2.58. The van der Waals surface area contributed by atoms with Crippen LogP contribution in [0.4, 0.5) is 30.7 Å². The first-order valence-electron chi connectivity index (χ1n) is 14.8. The Morgan fingerprint density at radius 1 is 1.21 bits per heavy atom. The van der Waals surface area contributed by atoms with Crippen LogP contribution in [0.2, 0.25) is 0 Å². The Labute approximate surface area is 265 Å². The average molecular weight is 688 g/mol. The molecular weight excluding hydrogens is 659 g/mol. The SMILES string of the molecule is C[C@@H](c1nnnn1C)[C@]1(Cc2cnn3cc([C@@H](NC(=O)c4nonc4C(F)F)C4CCC(F)(F)CC4)nc3c2)C[C@@H](C(F)(F)F)NC1=O. The van der Waals surface area contributed by atoms with Crippen LogP contribution in [0.1, 0.15) is 90.7 Å². The third-order valence-electron chi connectivity index (χ3n) is 9.28. The van der Waals surface area contributed by atoms with E-state index in [9.17, 15) is 40.3 Å². The van der Waals surface area contributed by atoms with Crippen LogP contribution in [0.15, 0.2) is 23.1 Å². The summed E-state index contributed by atoms with van der Waals surface area (Å²) in [6.45, 7) is 1.56. The number of aromatic nitrogens is 9. The van der Waals surface area contributed by atoms with Crippen molar-refractivity contribution >= 4 is 17.5 Å². The maximum Gasteiger partial charge on any atom is 0.408 e. The van der Waals surface area contributed by atoms with Gasteiger partial charge in [-0.05, 0) is 64.0 Å². The molecule has 1 saturated carbocycles. The Balaban J connectivity index is 1.33. The van der Waals surface area contributed by atoms with Crippen LogP contribution < -0.4 is 10.6 Å². The lowest BCUT2D eigenvalue weighted by Crippen LogP contribution is -2.40. The van der Waals surface area contributed by atoms with Crippen molar-refractivity contribution in [3.63, 3.8) is 0 Å². The lowest BCUT2D eigenvalue weighted by Gasteiger charge is -2.33. The number of amides is 2. The van der Waals surface area contributed by atoms with Gasteiger partial charge in [0.25, 0.3) is 12.3 Å². The summed E-state index contributed by atoms with van der Waals surface area (Å²) in [5.74, 6) is -6.10. The summed E-state index contributed by atoms with van der Waals surface area (Å²) < 4.78 is 103. The summed E-state index contributed by atoms with van der Waals surface area (Å²) >= 11 is 0. The Bertz CT molecular complexity index is 1810. The van der Waals surface area contributed by atoms with Crippen molar-refractivity contribution < 1.29 is 45.0 Å². The Kier molecular flexibility index (Phi) is 8.34. The fourth-order valence-electron chi connectivity index (χ4n) is 6.62. The van der Waals surface area contributed by atoms with E-state index in [1.165, 1.54) is 34.7 Å². The molecule has 1 aliphatic carbocycles. The zero-order valence-corrected chi connectivity index (χ0v) is 25.3. The number of carbonyl (C=O) groups excluding carboxylic acids is 2. The molecule has 0 spiro atoms. The molecule has 4 aromatic heterocycles. The van der Waals surface area contributed by atoms with Crippen LogP contribution in [0.25, 0.3) is 5.65 Å². The molecule has 4 aromatic rings. The second kappa shape index (κ2) is 12.1. The number of tetrazole rings is 1. The number of nitrogens with zero attached hydrogens (tertiary/aromatic N) is 9. The van der Waals surface area contributed by atoms with Crippen molar-refractivity contribution in [3.05, 3.63) is 46.9 Å². The molecule has 258 valence electrons. The maximum atomic E-state index is 14.0. The molecule has 2 N–H and O–H groups in total. The number of fused-ring (bicyclic) bond motifs is 1. The molecule has 21 heteroatoms. The van der Waals surface area contributed by atoms with Gasteiger partial charge in [0.15, 0.2) is 17.2 Å². The molecule has 2 fully saturated rings. The molecule has 6 rings (SSSR count). The van der Waals surface area contributed by atoms with Crippen LogP contribution in [-0.4, -0.2) is 75.1 Å². The van der Waals surface area contributed by atoms with Crippen molar-refractivity contribution in [1.82, 2.24) is 55.8 Å². The lowest BCUT2D eigenvalue weighted by molar-refractivity contribution is -0.155. The molecule has 1 saturated heterocycles. The number of rotatable bonds is 9. The van der Waals surface area contributed by atoms with Crippen molar-refractivity contribution in [2.75, 3.05) is 0 Å². The van der Waals surface area contributed by atoms with E-state index in [0.29, 0.717) is 5.56 Å². The van der Waals surface area contributed by atoms with Crippen LogP contribution in [0, 0.1) is 11.3 Å². The number of carbonyl (C=O) groups is 2. The van der Waals surface area contributed by atoms with Gasteiger partial charge in [0.2, 0.25) is 17.5 Å². The number of alkyl halides is 7. The molecule has 2 amide bonds. The number of nitrogens with one attached hydrogen (secondary N) is 2. The largest absolute Gasteiger partial charge is 0.408 e. The van der Waals surface area contributed by atoms with Crippen molar-refractivity contribution in [1.29, 1.82) is 0 Å². The van der Waals surface area contributed by atoms with Crippen molar-refractivity contribution in [2.45, 2.75) is 82.0 Å². The lowest BCUT2D eigenvalue weighted by atomic mass is 9.69. The molecular formula is C27H28F7N11O3. The van der Waals surface area contributed by atoms with E-state index in [4.69, 9.17) is 0 Å². The number of hydrogen-bond donors (Lipinski definition) is 2. The van der Waals surface area contributed by atoms with Gasteiger partial charge < -0.3 is 10.6 Å². The zero-order chi connectivity index (χ0) is 34.6. The number of aryl methyl sites for hydroxylation is 1. The standard InChI is InChI=1S/C27H28F7N11O3/c1-12(22-39-42-43-44(22)2)25(9-16(27(32,33)34)37-24(25)47)8-13-7-17-36-15(11-45(17)35-10-13)18(14-3-5-26(30,31)6-4-14)38-23(46)20-19(21(28)29)40-48-41-20/h7,10-12,14,16,18,21H,3-6,8-9H2,1-2H3,(H,37,47)(H,38,46)/t12-,16-,18-,25-/m0/s1. The topological polar surface area (TPSA) is 171 Å². The summed E-state index contributed by atoms with van der Waals surface area (Å²) in [6, 6.07) is -1.66. The number of imidazole rings is 1. The highest BCUT2D eigenvalue weighted by Crippen LogP contribution is 2.48. The summed E-state index contributed by atoms with van der Waals surface area (Å²) in [7, 11) is 1.50. The fraction of sp³-hybridized carbons (Fsp3) is 0.593. The predicted octanol–water partition coefficient (Wildman–Crippen LogP) is 3.65. The highest BCUT2D eigenvalue weighted by molar-refractivity contribution is 5.93. The van der Waals surface area contributed by atoms with Crippen LogP contribution in [-0.2, 0) is 18.3 Å². The number of hydrogen-bond acceptors (Lipinski definition) is 10. The molecule has 0 aromatic carbocycles. The van der Waals surface area contributed by atoms with Gasteiger partial charge in [-0.1, -0.05) is 6.92 Å². The molecule has 2 aliphatic rings. The van der Waals surface area contributed by atoms with Gasteiger partial charge >= 0.3 is 6.18 Å². The zero-order valence-electron chi connectivity index (χ0n) is 25.3. The van der Waals surface area contributed by atoms with E-state index in [2.05, 4.69) is 51.2 Å². The van der Waals surface area contributed by atoms with Crippen LogP contribution >= 0.6 is 0 Å². The average Bonchev–Trinajstić information content (AvgIpc) is 3.82. The number of halogens is 7. The second-order valence-corrected chi connectivity index (χ2v) is 12.3. The normalized spacial score (nSPS) is 23.0. The van der Waals surface area contributed by atoms with Gasteiger partial charge in [-0.25, -0.2) is 36.4 Å². The minimum atomic E-state index is -4.71. The summed E-state index contributed by atoms with van der Waals surface area (Å²) in [5.41, 5.74) is -2.75.